The second-order valence-corrected chi connectivity index (χ2v) is 8.58. The Morgan fingerprint density at radius 3 is 2.67 bits per heavy atom. The molecule has 1 unspecified atom stereocenters. The van der Waals surface area contributed by atoms with Crippen molar-refractivity contribution in [2.24, 2.45) is 0 Å². The average Bonchev–Trinajstić information content (AvgIpc) is 2.79. The van der Waals surface area contributed by atoms with Crippen LogP contribution in [-0.2, 0) is 14.8 Å². The summed E-state index contributed by atoms with van der Waals surface area (Å²) in [4.78, 5) is 12.6. The zero-order valence-corrected chi connectivity index (χ0v) is 14.9. The number of hydrogen-bond acceptors (Lipinski definition) is 5. The van der Waals surface area contributed by atoms with Crippen molar-refractivity contribution >= 4 is 21.6 Å². The minimum atomic E-state index is -3.41. The summed E-state index contributed by atoms with van der Waals surface area (Å²) in [5.41, 5.74) is 0.555. The summed E-state index contributed by atoms with van der Waals surface area (Å²) in [5, 5.41) is 2.79. The van der Waals surface area contributed by atoms with Gasteiger partial charge < -0.3 is 14.8 Å². The smallest absolute Gasteiger partial charge is 0.246 e. The van der Waals surface area contributed by atoms with E-state index in [0.717, 1.165) is 19.1 Å². The summed E-state index contributed by atoms with van der Waals surface area (Å²) in [7, 11) is -3.41. The van der Waals surface area contributed by atoms with Crippen molar-refractivity contribution in [2.45, 2.75) is 44.9 Å². The molecule has 132 valence electrons. The molecule has 8 heteroatoms. The Kier molecular flexibility index (Phi) is 4.21. The lowest BCUT2D eigenvalue weighted by atomic mass is 10.0. The van der Waals surface area contributed by atoms with Gasteiger partial charge in [-0.25, -0.2) is 8.42 Å². The van der Waals surface area contributed by atoms with Gasteiger partial charge in [0.05, 0.1) is 6.26 Å². The fourth-order valence-electron chi connectivity index (χ4n) is 3.09. The SMILES string of the molecule is CC1(C)Oc2ccc(NC(=O)C3CCCCN3S(C)(=O)=O)cc2O1. The lowest BCUT2D eigenvalue weighted by molar-refractivity contribution is -0.120. The van der Waals surface area contributed by atoms with Crippen molar-refractivity contribution < 1.29 is 22.7 Å². The normalized spacial score (nSPS) is 23.0. The van der Waals surface area contributed by atoms with Crippen LogP contribution in [0.3, 0.4) is 0 Å². The largest absolute Gasteiger partial charge is 0.449 e. The van der Waals surface area contributed by atoms with Crippen LogP contribution in [0, 0.1) is 0 Å². The fourth-order valence-corrected chi connectivity index (χ4v) is 4.21. The molecule has 2 aliphatic heterocycles. The third-order valence-electron chi connectivity index (χ3n) is 4.11. The highest BCUT2D eigenvalue weighted by atomic mass is 32.2. The maximum Gasteiger partial charge on any atom is 0.246 e. The zero-order valence-electron chi connectivity index (χ0n) is 14.0. The van der Waals surface area contributed by atoms with E-state index in [2.05, 4.69) is 5.32 Å². The summed E-state index contributed by atoms with van der Waals surface area (Å²) < 4.78 is 36.3. The van der Waals surface area contributed by atoms with Gasteiger partial charge in [0.2, 0.25) is 21.7 Å². The summed E-state index contributed by atoms with van der Waals surface area (Å²) >= 11 is 0. The topological polar surface area (TPSA) is 84.9 Å². The number of sulfonamides is 1. The third kappa shape index (κ3) is 3.49. The van der Waals surface area contributed by atoms with E-state index < -0.39 is 21.9 Å². The maximum atomic E-state index is 12.6. The number of piperidine rings is 1. The number of benzene rings is 1. The first-order chi connectivity index (χ1) is 11.2. The lowest BCUT2D eigenvalue weighted by Crippen LogP contribution is -2.49. The van der Waals surface area contributed by atoms with Gasteiger partial charge in [-0.15, -0.1) is 0 Å². The third-order valence-corrected chi connectivity index (χ3v) is 5.39. The van der Waals surface area contributed by atoms with Gasteiger partial charge in [0, 0.05) is 32.1 Å². The number of nitrogens with one attached hydrogen (secondary N) is 1. The van der Waals surface area contributed by atoms with Crippen LogP contribution in [-0.4, -0.2) is 43.3 Å². The average molecular weight is 354 g/mol. The molecule has 1 atom stereocenters. The minimum Gasteiger partial charge on any atom is -0.449 e. The Morgan fingerprint density at radius 2 is 1.96 bits per heavy atom. The number of ether oxygens (including phenoxy) is 2. The molecule has 7 nitrogen and oxygen atoms in total. The van der Waals surface area contributed by atoms with E-state index in [0.29, 0.717) is 30.2 Å². The van der Waals surface area contributed by atoms with Crippen LogP contribution >= 0.6 is 0 Å². The predicted molar refractivity (Wildman–Crippen MR) is 89.6 cm³/mol. The van der Waals surface area contributed by atoms with Gasteiger partial charge in [0.25, 0.3) is 0 Å². The van der Waals surface area contributed by atoms with Crippen molar-refractivity contribution in [3.63, 3.8) is 0 Å². The molecule has 0 saturated carbocycles. The Balaban J connectivity index is 1.75. The van der Waals surface area contributed by atoms with Crippen LogP contribution in [0.2, 0.25) is 0 Å². The minimum absolute atomic E-state index is 0.321. The highest BCUT2D eigenvalue weighted by Gasteiger charge is 2.35. The van der Waals surface area contributed by atoms with Gasteiger partial charge in [-0.2, -0.15) is 4.31 Å². The Labute approximate surface area is 142 Å². The number of fused-ring (bicyclic) bond motifs is 1. The van der Waals surface area contributed by atoms with Crippen molar-refractivity contribution in [3.8, 4) is 11.5 Å². The highest BCUT2D eigenvalue weighted by Crippen LogP contribution is 2.40. The molecule has 0 radical (unpaired) electrons. The zero-order chi connectivity index (χ0) is 17.5. The molecule has 2 aliphatic rings. The van der Waals surface area contributed by atoms with Gasteiger partial charge in [0.15, 0.2) is 11.5 Å². The second-order valence-electron chi connectivity index (χ2n) is 6.64. The van der Waals surface area contributed by atoms with Crippen LogP contribution in [0.15, 0.2) is 18.2 Å². The molecule has 0 aliphatic carbocycles. The summed E-state index contributed by atoms with van der Waals surface area (Å²) in [5.74, 6) is 0.120. The predicted octanol–water partition coefficient (Wildman–Crippen LogP) is 1.95. The van der Waals surface area contributed by atoms with E-state index in [9.17, 15) is 13.2 Å². The molecular formula is C16H22N2O5S. The monoisotopic (exact) mass is 354 g/mol. The molecular weight excluding hydrogens is 332 g/mol. The standard InChI is InChI=1S/C16H22N2O5S/c1-16(2)22-13-8-7-11(10-14(13)23-16)17-15(19)12-6-4-5-9-18(12)24(3,20)21/h7-8,10,12H,4-6,9H2,1-3H3,(H,17,19). The fraction of sp³-hybridized carbons (Fsp3) is 0.562. The Morgan fingerprint density at radius 1 is 1.25 bits per heavy atom. The molecule has 1 fully saturated rings. The van der Waals surface area contributed by atoms with Crippen LogP contribution in [0.4, 0.5) is 5.69 Å². The van der Waals surface area contributed by atoms with E-state index in [1.54, 1.807) is 32.0 Å². The van der Waals surface area contributed by atoms with Crippen molar-refractivity contribution in [3.05, 3.63) is 18.2 Å². The molecule has 24 heavy (non-hydrogen) atoms. The number of carbonyl (C=O) groups excluding carboxylic acids is 1. The molecule has 1 N–H and O–H groups in total. The van der Waals surface area contributed by atoms with E-state index in [1.807, 2.05) is 0 Å². The van der Waals surface area contributed by atoms with Crippen LogP contribution in [0.25, 0.3) is 0 Å². The second kappa shape index (κ2) is 5.93. The first kappa shape index (κ1) is 17.0. The van der Waals surface area contributed by atoms with E-state index in [4.69, 9.17) is 9.47 Å². The Hall–Kier alpha value is -1.80. The molecule has 3 rings (SSSR count). The molecule has 1 aromatic rings. The summed E-state index contributed by atoms with van der Waals surface area (Å²) in [6.07, 6.45) is 3.27. The number of hydrogen-bond donors (Lipinski definition) is 1. The number of rotatable bonds is 3. The highest BCUT2D eigenvalue weighted by molar-refractivity contribution is 7.88. The number of carbonyl (C=O) groups is 1. The van der Waals surface area contributed by atoms with E-state index >= 15 is 0 Å². The van der Waals surface area contributed by atoms with Gasteiger partial charge in [0.1, 0.15) is 6.04 Å². The number of anilines is 1. The lowest BCUT2D eigenvalue weighted by Gasteiger charge is -2.32. The van der Waals surface area contributed by atoms with E-state index in [1.165, 1.54) is 4.31 Å². The van der Waals surface area contributed by atoms with Gasteiger partial charge in [-0.05, 0) is 25.0 Å². The molecule has 1 amide bonds. The van der Waals surface area contributed by atoms with Crippen molar-refractivity contribution in [1.82, 2.24) is 4.31 Å². The number of amides is 1. The first-order valence-electron chi connectivity index (χ1n) is 7.95. The molecule has 1 saturated heterocycles. The van der Waals surface area contributed by atoms with Crippen LogP contribution in [0.1, 0.15) is 33.1 Å². The molecule has 0 aromatic heterocycles. The van der Waals surface area contributed by atoms with Gasteiger partial charge >= 0.3 is 0 Å². The molecule has 0 spiro atoms. The molecule has 1 aromatic carbocycles. The molecule has 2 heterocycles. The Bertz CT molecular complexity index is 760. The van der Waals surface area contributed by atoms with Crippen molar-refractivity contribution in [1.29, 1.82) is 0 Å². The van der Waals surface area contributed by atoms with Gasteiger partial charge in [-0.1, -0.05) is 6.42 Å². The quantitative estimate of drug-likeness (QED) is 0.897. The first-order valence-corrected chi connectivity index (χ1v) is 9.80. The van der Waals surface area contributed by atoms with Crippen LogP contribution in [0.5, 0.6) is 11.5 Å². The summed E-state index contributed by atoms with van der Waals surface area (Å²) in [6.45, 7) is 3.99. The van der Waals surface area contributed by atoms with E-state index in [-0.39, 0.29) is 5.91 Å². The van der Waals surface area contributed by atoms with Gasteiger partial charge in [-0.3, -0.25) is 4.79 Å². The number of nitrogens with zero attached hydrogens (tertiary/aromatic N) is 1. The van der Waals surface area contributed by atoms with Crippen LogP contribution < -0.4 is 14.8 Å². The summed E-state index contributed by atoms with van der Waals surface area (Å²) in [6, 6.07) is 4.47. The molecule has 0 bridgehead atoms. The van der Waals surface area contributed by atoms with Crippen molar-refractivity contribution in [2.75, 3.05) is 18.1 Å². The maximum absolute atomic E-state index is 12.6.